The van der Waals surface area contributed by atoms with E-state index < -0.39 is 5.97 Å². The Kier molecular flexibility index (Phi) is 1.89. The second-order valence-corrected chi connectivity index (χ2v) is 1.55. The fraction of sp³-hybridized carbons (Fsp3) is 0. The van der Waals surface area contributed by atoms with E-state index in [4.69, 9.17) is 4.42 Å². The Bertz CT molecular complexity index is 223. The van der Waals surface area contributed by atoms with Crippen molar-refractivity contribution in [2.24, 2.45) is 0 Å². The summed E-state index contributed by atoms with van der Waals surface area (Å²) >= 11 is 0. The molecule has 3 heteroatoms. The maximum Gasteiger partial charge on any atom is 0.378 e. The minimum Gasteiger partial charge on any atom is -0.457 e. The van der Waals surface area contributed by atoms with Crippen molar-refractivity contribution in [3.8, 4) is 0 Å². The number of hydrogen-bond acceptors (Lipinski definition) is 3. The van der Waals surface area contributed by atoms with Crippen LogP contribution in [0.25, 0.3) is 0 Å². The van der Waals surface area contributed by atoms with Gasteiger partial charge in [-0.15, -0.1) is 0 Å². The highest BCUT2D eigenvalue weighted by Crippen LogP contribution is 2.01. The van der Waals surface area contributed by atoms with Crippen LogP contribution in [0.2, 0.25) is 0 Å². The van der Waals surface area contributed by atoms with Crippen molar-refractivity contribution in [2.45, 2.75) is 0 Å². The first-order valence-electron chi connectivity index (χ1n) is 2.70. The molecule has 1 heterocycles. The summed E-state index contributed by atoms with van der Waals surface area (Å²) in [5.74, 6) is -0.347. The van der Waals surface area contributed by atoms with Crippen LogP contribution in [0, 0.1) is 0 Å². The second-order valence-electron chi connectivity index (χ2n) is 1.55. The molecule has 0 spiro atoms. The number of ether oxygens (including phenoxy) is 1. The van der Waals surface area contributed by atoms with Crippen molar-refractivity contribution < 1.29 is 13.9 Å². The highest BCUT2D eigenvalue weighted by Gasteiger charge is 2.06. The highest BCUT2D eigenvalue weighted by molar-refractivity contribution is 5.86. The van der Waals surface area contributed by atoms with Gasteiger partial charge in [-0.05, 0) is 12.1 Å². The van der Waals surface area contributed by atoms with Crippen LogP contribution in [0.4, 0.5) is 0 Å². The van der Waals surface area contributed by atoms with Gasteiger partial charge in [0.15, 0.2) is 0 Å². The molecule has 52 valence electrons. The van der Waals surface area contributed by atoms with Crippen molar-refractivity contribution in [3.05, 3.63) is 37.0 Å². The standard InChI is InChI=1S/C7H6O3/c1-2-9-7(8)6-4-3-5-10-6/h2-5H,1H2. The molecule has 3 nitrogen and oxygen atoms in total. The number of furan rings is 1. The molecule has 0 fully saturated rings. The molecule has 0 bridgehead atoms. The summed E-state index contributed by atoms with van der Waals surface area (Å²) in [4.78, 5) is 10.7. The van der Waals surface area contributed by atoms with E-state index in [0.717, 1.165) is 6.26 Å². The van der Waals surface area contributed by atoms with Crippen molar-refractivity contribution in [1.82, 2.24) is 0 Å². The minimum absolute atomic E-state index is 0.180. The average Bonchev–Trinajstić information content (AvgIpc) is 2.38. The maximum atomic E-state index is 10.7. The lowest BCUT2D eigenvalue weighted by molar-refractivity contribution is 0.0629. The average molecular weight is 138 g/mol. The Labute approximate surface area is 57.9 Å². The first kappa shape index (κ1) is 6.61. The molecule has 0 saturated heterocycles. The van der Waals surface area contributed by atoms with Crippen LogP contribution >= 0.6 is 0 Å². The third-order valence-corrected chi connectivity index (χ3v) is 0.913. The fourth-order valence-electron chi connectivity index (χ4n) is 0.528. The van der Waals surface area contributed by atoms with Gasteiger partial charge in [0.2, 0.25) is 5.76 Å². The van der Waals surface area contributed by atoms with Gasteiger partial charge >= 0.3 is 5.97 Å². The Morgan fingerprint density at radius 2 is 2.60 bits per heavy atom. The molecule has 0 amide bonds. The number of hydrogen-bond donors (Lipinski definition) is 0. The summed E-state index contributed by atoms with van der Waals surface area (Å²) < 4.78 is 9.14. The van der Waals surface area contributed by atoms with Gasteiger partial charge in [0, 0.05) is 0 Å². The van der Waals surface area contributed by atoms with Gasteiger partial charge in [-0.2, -0.15) is 0 Å². The first-order valence-corrected chi connectivity index (χ1v) is 2.70. The molecule has 10 heavy (non-hydrogen) atoms. The van der Waals surface area contributed by atoms with Crippen molar-refractivity contribution in [1.29, 1.82) is 0 Å². The first-order chi connectivity index (χ1) is 4.84. The molecule has 0 radical (unpaired) electrons. The zero-order chi connectivity index (χ0) is 7.40. The van der Waals surface area contributed by atoms with E-state index in [9.17, 15) is 4.79 Å². The lowest BCUT2D eigenvalue weighted by atomic mass is 10.5. The van der Waals surface area contributed by atoms with E-state index >= 15 is 0 Å². The lowest BCUT2D eigenvalue weighted by Crippen LogP contribution is -1.96. The van der Waals surface area contributed by atoms with E-state index in [1.165, 1.54) is 12.3 Å². The Morgan fingerprint density at radius 1 is 1.80 bits per heavy atom. The van der Waals surface area contributed by atoms with E-state index in [1.807, 2.05) is 0 Å². The van der Waals surface area contributed by atoms with Crippen LogP contribution in [0.5, 0.6) is 0 Å². The zero-order valence-corrected chi connectivity index (χ0v) is 5.24. The third-order valence-electron chi connectivity index (χ3n) is 0.913. The highest BCUT2D eigenvalue weighted by atomic mass is 16.5. The minimum atomic E-state index is -0.528. The molecule has 0 unspecified atom stereocenters. The van der Waals surface area contributed by atoms with E-state index in [-0.39, 0.29) is 5.76 Å². The van der Waals surface area contributed by atoms with Crippen molar-refractivity contribution in [2.75, 3.05) is 0 Å². The summed E-state index contributed by atoms with van der Waals surface area (Å²) in [6.45, 7) is 3.23. The van der Waals surface area contributed by atoms with Crippen molar-refractivity contribution in [3.63, 3.8) is 0 Å². The number of carbonyl (C=O) groups excluding carboxylic acids is 1. The largest absolute Gasteiger partial charge is 0.457 e. The normalized spacial score (nSPS) is 8.80. The topological polar surface area (TPSA) is 39.4 Å². The predicted molar refractivity (Wildman–Crippen MR) is 34.3 cm³/mol. The molecular formula is C7H6O3. The van der Waals surface area contributed by atoms with E-state index in [1.54, 1.807) is 6.07 Å². The van der Waals surface area contributed by atoms with Gasteiger partial charge in [0.25, 0.3) is 0 Å². The van der Waals surface area contributed by atoms with Crippen LogP contribution in [0.1, 0.15) is 10.6 Å². The molecular weight excluding hydrogens is 132 g/mol. The number of carbonyl (C=O) groups is 1. The second kappa shape index (κ2) is 2.87. The van der Waals surface area contributed by atoms with Gasteiger partial charge < -0.3 is 9.15 Å². The molecule has 0 aliphatic heterocycles. The zero-order valence-electron chi connectivity index (χ0n) is 5.24. The summed E-state index contributed by atoms with van der Waals surface area (Å²) in [7, 11) is 0. The van der Waals surface area contributed by atoms with Gasteiger partial charge in [0.1, 0.15) is 0 Å². The molecule has 0 atom stereocenters. The number of esters is 1. The van der Waals surface area contributed by atoms with E-state index in [0.29, 0.717) is 0 Å². The Hall–Kier alpha value is -1.51. The Balaban J connectivity index is 2.68. The predicted octanol–water partition coefficient (Wildman–Crippen LogP) is 1.58. The van der Waals surface area contributed by atoms with Crippen molar-refractivity contribution >= 4 is 5.97 Å². The van der Waals surface area contributed by atoms with Gasteiger partial charge in [-0.3, -0.25) is 0 Å². The number of rotatable bonds is 2. The van der Waals surface area contributed by atoms with Gasteiger partial charge in [-0.25, -0.2) is 4.79 Å². The summed E-state index contributed by atoms with van der Waals surface area (Å²) in [6, 6.07) is 3.13. The van der Waals surface area contributed by atoms with Crippen LogP contribution in [0.3, 0.4) is 0 Å². The lowest BCUT2D eigenvalue weighted by Gasteiger charge is -1.90. The molecule has 0 saturated carbocycles. The summed E-state index contributed by atoms with van der Waals surface area (Å²) in [5, 5.41) is 0. The fourth-order valence-corrected chi connectivity index (χ4v) is 0.528. The monoisotopic (exact) mass is 138 g/mol. The van der Waals surface area contributed by atoms with Gasteiger partial charge in [0.05, 0.1) is 12.5 Å². The third kappa shape index (κ3) is 1.25. The SMILES string of the molecule is C=COC(=O)c1ccco1. The molecule has 0 N–H and O–H groups in total. The maximum absolute atomic E-state index is 10.7. The van der Waals surface area contributed by atoms with Gasteiger partial charge in [-0.1, -0.05) is 6.58 Å². The Morgan fingerprint density at radius 3 is 3.10 bits per heavy atom. The van der Waals surface area contributed by atoms with Crippen LogP contribution in [0.15, 0.2) is 35.7 Å². The smallest absolute Gasteiger partial charge is 0.378 e. The quantitative estimate of drug-likeness (QED) is 0.460. The van der Waals surface area contributed by atoms with Crippen LogP contribution in [-0.2, 0) is 4.74 Å². The summed E-state index contributed by atoms with van der Waals surface area (Å²) in [5.41, 5.74) is 0. The molecule has 1 aromatic heterocycles. The summed E-state index contributed by atoms with van der Waals surface area (Å²) in [6.07, 6.45) is 2.46. The van der Waals surface area contributed by atoms with Crippen LogP contribution in [-0.4, -0.2) is 5.97 Å². The molecule has 0 aliphatic carbocycles. The molecule has 1 rings (SSSR count). The van der Waals surface area contributed by atoms with E-state index in [2.05, 4.69) is 11.3 Å². The molecule has 1 aromatic rings. The molecule has 0 aromatic carbocycles. The van der Waals surface area contributed by atoms with Crippen LogP contribution < -0.4 is 0 Å². The molecule has 0 aliphatic rings.